The normalized spacial score (nSPS) is 9.56. The molecule has 0 spiro atoms. The first-order chi connectivity index (χ1) is 7.63. The third-order valence-corrected chi connectivity index (χ3v) is 2.19. The summed E-state index contributed by atoms with van der Waals surface area (Å²) in [6.45, 7) is 0.363. The van der Waals surface area contributed by atoms with Gasteiger partial charge in [0.05, 0.1) is 6.07 Å². The molecule has 1 aromatic carbocycles. The molecular formula is C12H13FN2O. The highest BCUT2D eigenvalue weighted by atomic mass is 19.1. The van der Waals surface area contributed by atoms with Crippen molar-refractivity contribution in [1.82, 2.24) is 4.90 Å². The summed E-state index contributed by atoms with van der Waals surface area (Å²) < 4.78 is 12.9. The van der Waals surface area contributed by atoms with Gasteiger partial charge in [0.1, 0.15) is 5.82 Å². The number of hydrogen-bond acceptors (Lipinski definition) is 2. The van der Waals surface area contributed by atoms with E-state index in [4.69, 9.17) is 5.26 Å². The molecule has 16 heavy (non-hydrogen) atoms. The molecular weight excluding hydrogens is 207 g/mol. The van der Waals surface area contributed by atoms with E-state index in [1.165, 1.54) is 17.0 Å². The zero-order valence-electron chi connectivity index (χ0n) is 9.11. The van der Waals surface area contributed by atoms with Crippen LogP contribution in [0.4, 0.5) is 4.39 Å². The monoisotopic (exact) mass is 220 g/mol. The standard InChI is InChI=1S/C12H13FN2O/c1-15(12(16)6-3-7-14)9-10-4-2-5-11(13)8-10/h2,4-5,8H,3,6,9H2,1H3. The van der Waals surface area contributed by atoms with Crippen LogP contribution in [-0.2, 0) is 11.3 Å². The first-order valence-corrected chi connectivity index (χ1v) is 4.99. The van der Waals surface area contributed by atoms with Crippen molar-refractivity contribution in [2.24, 2.45) is 0 Å². The molecule has 0 heterocycles. The molecule has 0 unspecified atom stereocenters. The van der Waals surface area contributed by atoms with Crippen molar-refractivity contribution in [1.29, 1.82) is 5.26 Å². The van der Waals surface area contributed by atoms with Gasteiger partial charge < -0.3 is 4.90 Å². The van der Waals surface area contributed by atoms with E-state index >= 15 is 0 Å². The molecule has 0 saturated carbocycles. The first kappa shape index (κ1) is 12.2. The highest BCUT2D eigenvalue weighted by Gasteiger charge is 2.08. The predicted molar refractivity (Wildman–Crippen MR) is 57.7 cm³/mol. The Balaban J connectivity index is 2.54. The molecule has 0 saturated heterocycles. The van der Waals surface area contributed by atoms with Crippen molar-refractivity contribution in [2.75, 3.05) is 7.05 Å². The van der Waals surface area contributed by atoms with Crippen LogP contribution >= 0.6 is 0 Å². The van der Waals surface area contributed by atoms with Gasteiger partial charge in [-0.2, -0.15) is 5.26 Å². The Kier molecular flexibility index (Phi) is 4.46. The van der Waals surface area contributed by atoms with E-state index in [-0.39, 0.29) is 24.6 Å². The number of amides is 1. The molecule has 0 aliphatic heterocycles. The van der Waals surface area contributed by atoms with Crippen molar-refractivity contribution < 1.29 is 9.18 Å². The fourth-order valence-electron chi connectivity index (χ4n) is 1.35. The number of hydrogen-bond donors (Lipinski definition) is 0. The third kappa shape index (κ3) is 3.70. The smallest absolute Gasteiger partial charge is 0.223 e. The van der Waals surface area contributed by atoms with Crippen molar-refractivity contribution >= 4 is 5.91 Å². The SMILES string of the molecule is CN(Cc1cccc(F)c1)C(=O)CCC#N. The molecule has 0 aliphatic carbocycles. The fourth-order valence-corrected chi connectivity index (χ4v) is 1.35. The number of carbonyl (C=O) groups is 1. The van der Waals surface area contributed by atoms with E-state index in [0.717, 1.165) is 5.56 Å². The minimum Gasteiger partial charge on any atom is -0.341 e. The topological polar surface area (TPSA) is 44.1 Å². The van der Waals surface area contributed by atoms with Crippen LogP contribution in [0.5, 0.6) is 0 Å². The minimum absolute atomic E-state index is 0.106. The molecule has 84 valence electrons. The van der Waals surface area contributed by atoms with Crippen molar-refractivity contribution in [3.63, 3.8) is 0 Å². The summed E-state index contributed by atoms with van der Waals surface area (Å²) in [6.07, 6.45) is 0.425. The third-order valence-electron chi connectivity index (χ3n) is 2.19. The van der Waals surface area contributed by atoms with Gasteiger partial charge in [-0.3, -0.25) is 4.79 Å². The largest absolute Gasteiger partial charge is 0.341 e. The molecule has 0 radical (unpaired) electrons. The zero-order valence-corrected chi connectivity index (χ0v) is 9.11. The number of benzene rings is 1. The Hall–Kier alpha value is -1.89. The van der Waals surface area contributed by atoms with Crippen LogP contribution in [0.15, 0.2) is 24.3 Å². The minimum atomic E-state index is -0.310. The lowest BCUT2D eigenvalue weighted by molar-refractivity contribution is -0.130. The van der Waals surface area contributed by atoms with E-state index in [2.05, 4.69) is 0 Å². The first-order valence-electron chi connectivity index (χ1n) is 4.99. The predicted octanol–water partition coefficient (Wildman–Crippen LogP) is 2.09. The highest BCUT2D eigenvalue weighted by molar-refractivity contribution is 5.76. The van der Waals surface area contributed by atoms with E-state index < -0.39 is 0 Å². The van der Waals surface area contributed by atoms with Crippen LogP contribution in [0.2, 0.25) is 0 Å². The van der Waals surface area contributed by atoms with E-state index in [1.54, 1.807) is 19.2 Å². The van der Waals surface area contributed by atoms with Gasteiger partial charge in [-0.15, -0.1) is 0 Å². The van der Waals surface area contributed by atoms with Gasteiger partial charge in [-0.05, 0) is 17.7 Å². The van der Waals surface area contributed by atoms with Crippen molar-refractivity contribution in [3.8, 4) is 6.07 Å². The summed E-state index contributed by atoms with van der Waals surface area (Å²) in [5, 5.41) is 8.35. The summed E-state index contributed by atoms with van der Waals surface area (Å²) in [5.74, 6) is -0.416. The van der Waals surface area contributed by atoms with Gasteiger partial charge in [0, 0.05) is 26.4 Å². The van der Waals surface area contributed by atoms with E-state index in [1.807, 2.05) is 6.07 Å². The number of nitriles is 1. The Morgan fingerprint density at radius 2 is 2.31 bits per heavy atom. The van der Waals surface area contributed by atoms with Gasteiger partial charge in [0.15, 0.2) is 0 Å². The number of rotatable bonds is 4. The maximum atomic E-state index is 12.9. The van der Waals surface area contributed by atoms with Gasteiger partial charge in [0.25, 0.3) is 0 Å². The van der Waals surface area contributed by atoms with Crippen LogP contribution in [-0.4, -0.2) is 17.9 Å². The molecule has 0 atom stereocenters. The molecule has 4 heteroatoms. The average molecular weight is 220 g/mol. The molecule has 0 fully saturated rings. The second-order valence-electron chi connectivity index (χ2n) is 3.54. The maximum Gasteiger partial charge on any atom is 0.223 e. The van der Waals surface area contributed by atoms with E-state index in [9.17, 15) is 9.18 Å². The van der Waals surface area contributed by atoms with Gasteiger partial charge in [0.2, 0.25) is 5.91 Å². The van der Waals surface area contributed by atoms with Gasteiger partial charge in [-0.25, -0.2) is 4.39 Å². The second kappa shape index (κ2) is 5.86. The summed E-state index contributed by atoms with van der Waals surface area (Å²) in [5.41, 5.74) is 0.743. The Bertz CT molecular complexity index is 412. The number of nitrogens with zero attached hydrogens (tertiary/aromatic N) is 2. The highest BCUT2D eigenvalue weighted by Crippen LogP contribution is 2.07. The molecule has 0 bridgehead atoms. The van der Waals surface area contributed by atoms with Crippen LogP contribution < -0.4 is 0 Å². The zero-order chi connectivity index (χ0) is 12.0. The van der Waals surface area contributed by atoms with Crippen molar-refractivity contribution in [3.05, 3.63) is 35.6 Å². The molecule has 1 aromatic rings. The molecule has 0 N–H and O–H groups in total. The van der Waals surface area contributed by atoms with Crippen LogP contribution in [0, 0.1) is 17.1 Å². The maximum absolute atomic E-state index is 12.9. The molecule has 3 nitrogen and oxygen atoms in total. The number of carbonyl (C=O) groups excluding carboxylic acids is 1. The van der Waals surface area contributed by atoms with Crippen LogP contribution in [0.25, 0.3) is 0 Å². The van der Waals surface area contributed by atoms with Crippen LogP contribution in [0.3, 0.4) is 0 Å². The second-order valence-corrected chi connectivity index (χ2v) is 3.54. The van der Waals surface area contributed by atoms with Crippen LogP contribution in [0.1, 0.15) is 18.4 Å². The number of halogens is 1. The Labute approximate surface area is 94.1 Å². The van der Waals surface area contributed by atoms with Gasteiger partial charge in [-0.1, -0.05) is 12.1 Å². The van der Waals surface area contributed by atoms with Gasteiger partial charge >= 0.3 is 0 Å². The average Bonchev–Trinajstić information content (AvgIpc) is 2.25. The summed E-state index contributed by atoms with van der Waals surface area (Å²) in [6, 6.07) is 8.05. The Morgan fingerprint density at radius 1 is 1.56 bits per heavy atom. The molecule has 0 aliphatic rings. The lowest BCUT2D eigenvalue weighted by Gasteiger charge is -2.16. The summed E-state index contributed by atoms with van der Waals surface area (Å²) >= 11 is 0. The molecule has 1 amide bonds. The Morgan fingerprint density at radius 3 is 2.94 bits per heavy atom. The summed E-state index contributed by atoms with van der Waals surface area (Å²) in [4.78, 5) is 13.0. The molecule has 1 rings (SSSR count). The summed E-state index contributed by atoms with van der Waals surface area (Å²) in [7, 11) is 1.64. The lowest BCUT2D eigenvalue weighted by atomic mass is 10.2. The lowest BCUT2D eigenvalue weighted by Crippen LogP contribution is -2.25. The van der Waals surface area contributed by atoms with E-state index in [0.29, 0.717) is 6.54 Å². The fraction of sp³-hybridized carbons (Fsp3) is 0.333. The quantitative estimate of drug-likeness (QED) is 0.779. The molecule has 0 aromatic heterocycles. The van der Waals surface area contributed by atoms with Crippen molar-refractivity contribution in [2.45, 2.75) is 19.4 Å².